The number of hydrazine groups is 1. The Hall–Kier alpha value is -2.78. The number of rotatable bonds is 6. The molecule has 26 heavy (non-hydrogen) atoms. The number of thiazole rings is 1. The lowest BCUT2D eigenvalue weighted by Gasteiger charge is -2.07. The van der Waals surface area contributed by atoms with Crippen molar-refractivity contribution in [3.05, 3.63) is 51.7 Å². The highest BCUT2D eigenvalue weighted by molar-refractivity contribution is 7.18. The second kappa shape index (κ2) is 8.54. The number of esters is 1. The van der Waals surface area contributed by atoms with Crippen molar-refractivity contribution in [3.8, 4) is 0 Å². The maximum atomic E-state index is 11.7. The first-order valence-corrected chi connectivity index (χ1v) is 9.44. The van der Waals surface area contributed by atoms with Crippen LogP contribution >= 0.6 is 22.7 Å². The molecule has 0 atom stereocenters. The summed E-state index contributed by atoms with van der Waals surface area (Å²) in [6, 6.07) is 11.1. The molecule has 2 amide bonds. The molecule has 0 aliphatic rings. The second-order valence-corrected chi connectivity index (χ2v) is 7.28. The summed E-state index contributed by atoms with van der Waals surface area (Å²) in [6.07, 6.45) is 0.587. The highest BCUT2D eigenvalue weighted by Gasteiger charge is 2.11. The Morgan fingerprint density at radius 2 is 1.92 bits per heavy atom. The molecule has 0 radical (unpaired) electrons. The molecular formula is C17H15N3O4S2. The summed E-state index contributed by atoms with van der Waals surface area (Å²) in [7, 11) is 0. The van der Waals surface area contributed by atoms with Crippen molar-refractivity contribution in [2.45, 2.75) is 12.8 Å². The molecule has 9 heteroatoms. The van der Waals surface area contributed by atoms with E-state index >= 15 is 0 Å². The van der Waals surface area contributed by atoms with Crippen LogP contribution < -0.4 is 10.9 Å². The van der Waals surface area contributed by atoms with Crippen molar-refractivity contribution in [2.75, 3.05) is 6.61 Å². The lowest BCUT2D eigenvalue weighted by Crippen LogP contribution is -2.43. The van der Waals surface area contributed by atoms with Gasteiger partial charge < -0.3 is 4.74 Å². The number of carbonyl (C=O) groups is 3. The molecule has 7 nitrogen and oxygen atoms in total. The summed E-state index contributed by atoms with van der Waals surface area (Å²) in [5, 5.41) is 2.60. The van der Waals surface area contributed by atoms with Gasteiger partial charge in [0.15, 0.2) is 6.61 Å². The zero-order chi connectivity index (χ0) is 18.4. The minimum Gasteiger partial charge on any atom is -0.455 e. The average molecular weight is 389 g/mol. The molecule has 1 aromatic carbocycles. The number of carbonyl (C=O) groups excluding carboxylic acids is 3. The quantitative estimate of drug-likeness (QED) is 0.498. The minimum atomic E-state index is -0.608. The summed E-state index contributed by atoms with van der Waals surface area (Å²) in [4.78, 5) is 39.9. The Morgan fingerprint density at radius 1 is 1.08 bits per heavy atom. The van der Waals surface area contributed by atoms with E-state index in [1.165, 1.54) is 22.7 Å². The van der Waals surface area contributed by atoms with Crippen LogP contribution in [0.2, 0.25) is 0 Å². The maximum Gasteiger partial charge on any atom is 0.306 e. The second-order valence-electron chi connectivity index (χ2n) is 5.22. The fourth-order valence-corrected chi connectivity index (χ4v) is 3.67. The van der Waals surface area contributed by atoms with Gasteiger partial charge in [-0.3, -0.25) is 25.2 Å². The molecule has 2 N–H and O–H groups in total. The average Bonchev–Trinajstić information content (AvgIpc) is 3.31. The number of para-hydroxylation sites is 1. The van der Waals surface area contributed by atoms with Crippen molar-refractivity contribution < 1.29 is 19.1 Å². The van der Waals surface area contributed by atoms with Gasteiger partial charge in [-0.15, -0.1) is 22.7 Å². The SMILES string of the molecule is O=C(COC(=O)CCc1nc2ccccc2s1)NNC(=O)c1cccs1. The van der Waals surface area contributed by atoms with Crippen LogP contribution in [-0.4, -0.2) is 29.4 Å². The van der Waals surface area contributed by atoms with Crippen molar-refractivity contribution in [1.29, 1.82) is 0 Å². The van der Waals surface area contributed by atoms with Crippen LogP contribution in [0.5, 0.6) is 0 Å². The van der Waals surface area contributed by atoms with E-state index in [4.69, 9.17) is 4.74 Å². The number of benzene rings is 1. The molecule has 0 unspecified atom stereocenters. The highest BCUT2D eigenvalue weighted by atomic mass is 32.1. The number of aromatic nitrogens is 1. The third kappa shape index (κ3) is 4.87. The number of fused-ring (bicyclic) bond motifs is 1. The van der Waals surface area contributed by atoms with E-state index in [1.54, 1.807) is 17.5 Å². The van der Waals surface area contributed by atoms with E-state index in [2.05, 4.69) is 15.8 Å². The molecular weight excluding hydrogens is 374 g/mol. The number of nitrogens with zero attached hydrogens (tertiary/aromatic N) is 1. The maximum absolute atomic E-state index is 11.7. The van der Waals surface area contributed by atoms with Crippen LogP contribution in [0.3, 0.4) is 0 Å². The van der Waals surface area contributed by atoms with E-state index < -0.39 is 24.4 Å². The zero-order valence-electron chi connectivity index (χ0n) is 13.6. The van der Waals surface area contributed by atoms with Gasteiger partial charge >= 0.3 is 5.97 Å². The summed E-state index contributed by atoms with van der Waals surface area (Å²) in [6.45, 7) is -0.455. The first kappa shape index (κ1) is 18.0. The Balaban J connectivity index is 1.36. The van der Waals surface area contributed by atoms with Gasteiger partial charge in [-0.2, -0.15) is 0 Å². The van der Waals surface area contributed by atoms with Crippen LogP contribution in [0, 0.1) is 0 Å². The number of hydrogen-bond acceptors (Lipinski definition) is 7. The van der Waals surface area contributed by atoms with Gasteiger partial charge in [-0.25, -0.2) is 4.98 Å². The Kier molecular flexibility index (Phi) is 5.92. The van der Waals surface area contributed by atoms with Gasteiger partial charge in [0.25, 0.3) is 11.8 Å². The smallest absolute Gasteiger partial charge is 0.306 e. The monoisotopic (exact) mass is 389 g/mol. The van der Waals surface area contributed by atoms with Crippen LogP contribution in [0.25, 0.3) is 10.2 Å². The van der Waals surface area contributed by atoms with E-state index in [1.807, 2.05) is 24.3 Å². The van der Waals surface area contributed by atoms with E-state index in [-0.39, 0.29) is 6.42 Å². The van der Waals surface area contributed by atoms with Crippen LogP contribution in [-0.2, 0) is 20.7 Å². The topological polar surface area (TPSA) is 97.4 Å². The van der Waals surface area contributed by atoms with Crippen molar-refractivity contribution in [1.82, 2.24) is 15.8 Å². The Morgan fingerprint density at radius 3 is 2.69 bits per heavy atom. The summed E-state index contributed by atoms with van der Waals surface area (Å²) >= 11 is 2.78. The molecule has 0 aliphatic carbocycles. The number of amides is 2. The number of thiophene rings is 1. The summed E-state index contributed by atoms with van der Waals surface area (Å²) in [5.74, 6) is -1.53. The molecule has 0 saturated carbocycles. The first-order chi connectivity index (χ1) is 12.6. The number of ether oxygens (including phenoxy) is 1. The van der Waals surface area contributed by atoms with Crippen LogP contribution in [0.1, 0.15) is 21.1 Å². The molecule has 0 aliphatic heterocycles. The fraction of sp³-hybridized carbons (Fsp3) is 0.176. The molecule has 0 bridgehead atoms. The summed E-state index contributed by atoms with van der Waals surface area (Å²) < 4.78 is 5.97. The van der Waals surface area contributed by atoms with Gasteiger partial charge in [-0.1, -0.05) is 18.2 Å². The van der Waals surface area contributed by atoms with E-state index in [0.717, 1.165) is 15.2 Å². The predicted molar refractivity (Wildman–Crippen MR) is 98.8 cm³/mol. The van der Waals surface area contributed by atoms with Gasteiger partial charge in [-0.05, 0) is 23.6 Å². The molecule has 0 saturated heterocycles. The molecule has 0 fully saturated rings. The first-order valence-electron chi connectivity index (χ1n) is 7.74. The zero-order valence-corrected chi connectivity index (χ0v) is 15.2. The Bertz CT molecular complexity index is 888. The van der Waals surface area contributed by atoms with Crippen molar-refractivity contribution >= 4 is 50.7 Å². The van der Waals surface area contributed by atoms with E-state index in [0.29, 0.717) is 11.3 Å². The van der Waals surface area contributed by atoms with Crippen LogP contribution in [0.4, 0.5) is 0 Å². The van der Waals surface area contributed by atoms with Gasteiger partial charge in [0, 0.05) is 6.42 Å². The minimum absolute atomic E-state index is 0.134. The number of aryl methyl sites for hydroxylation is 1. The van der Waals surface area contributed by atoms with Gasteiger partial charge in [0.05, 0.1) is 26.5 Å². The summed E-state index contributed by atoms with van der Waals surface area (Å²) in [5.41, 5.74) is 5.36. The molecule has 2 aromatic heterocycles. The van der Waals surface area contributed by atoms with E-state index in [9.17, 15) is 14.4 Å². The number of nitrogens with one attached hydrogen (secondary N) is 2. The molecule has 134 valence electrons. The van der Waals surface area contributed by atoms with Gasteiger partial charge in [0.1, 0.15) is 0 Å². The predicted octanol–water partition coefficient (Wildman–Crippen LogP) is 2.29. The molecule has 3 aromatic rings. The normalized spacial score (nSPS) is 10.5. The van der Waals surface area contributed by atoms with Crippen molar-refractivity contribution in [3.63, 3.8) is 0 Å². The Labute approximate surface area is 157 Å². The fourth-order valence-electron chi connectivity index (χ4n) is 2.09. The number of hydrogen-bond donors (Lipinski definition) is 2. The lowest BCUT2D eigenvalue weighted by atomic mass is 10.3. The molecule has 0 spiro atoms. The standard InChI is InChI=1S/C17H15N3O4S2/c21-14(19-20-17(23)13-6-3-9-25-13)10-24-16(22)8-7-15-18-11-4-1-2-5-12(11)26-15/h1-6,9H,7-8,10H2,(H,19,21)(H,20,23). The lowest BCUT2D eigenvalue weighted by molar-refractivity contribution is -0.148. The highest BCUT2D eigenvalue weighted by Crippen LogP contribution is 2.22. The van der Waals surface area contributed by atoms with Crippen LogP contribution in [0.15, 0.2) is 41.8 Å². The third-order valence-corrected chi connectivity index (χ3v) is 5.27. The third-order valence-electron chi connectivity index (χ3n) is 3.31. The van der Waals surface area contributed by atoms with Gasteiger partial charge in [0.2, 0.25) is 0 Å². The molecule has 3 rings (SSSR count). The van der Waals surface area contributed by atoms with Crippen molar-refractivity contribution in [2.24, 2.45) is 0 Å². The molecule has 2 heterocycles. The largest absolute Gasteiger partial charge is 0.455 e.